The Bertz CT molecular complexity index is 631. The quantitative estimate of drug-likeness (QED) is 0.910. The smallest absolute Gasteiger partial charge is 0.0346 e. The van der Waals surface area contributed by atoms with Crippen LogP contribution in [0.4, 0.5) is 0 Å². The van der Waals surface area contributed by atoms with Crippen molar-refractivity contribution in [1.82, 2.24) is 10.3 Å². The van der Waals surface area contributed by atoms with Crippen LogP contribution in [0.1, 0.15) is 38.2 Å². The van der Waals surface area contributed by atoms with Crippen LogP contribution in [-0.2, 0) is 6.54 Å². The Morgan fingerprint density at radius 2 is 2.10 bits per heavy atom. The van der Waals surface area contributed by atoms with Gasteiger partial charge in [-0.2, -0.15) is 0 Å². The van der Waals surface area contributed by atoms with Crippen LogP contribution < -0.4 is 5.32 Å². The minimum absolute atomic E-state index is 0.624. The Balaban J connectivity index is 1.46. The first-order valence-electron chi connectivity index (χ1n) is 8.36. The fourth-order valence-electron chi connectivity index (χ4n) is 4.65. The van der Waals surface area contributed by atoms with E-state index in [1.807, 2.05) is 12.4 Å². The minimum Gasteiger partial charge on any atom is -0.310 e. The van der Waals surface area contributed by atoms with Crippen molar-refractivity contribution in [2.24, 2.45) is 17.8 Å². The Kier molecular flexibility index (Phi) is 3.42. The zero-order valence-corrected chi connectivity index (χ0v) is 12.8. The van der Waals surface area contributed by atoms with Gasteiger partial charge < -0.3 is 5.32 Å². The van der Waals surface area contributed by atoms with Gasteiger partial charge in [-0.3, -0.25) is 4.98 Å². The molecule has 2 saturated carbocycles. The van der Waals surface area contributed by atoms with E-state index < -0.39 is 0 Å². The summed E-state index contributed by atoms with van der Waals surface area (Å²) in [5.41, 5.74) is 1.32. The van der Waals surface area contributed by atoms with Gasteiger partial charge in [0.2, 0.25) is 0 Å². The van der Waals surface area contributed by atoms with E-state index in [4.69, 9.17) is 0 Å². The van der Waals surface area contributed by atoms with Crippen molar-refractivity contribution < 1.29 is 0 Å². The van der Waals surface area contributed by atoms with E-state index in [1.54, 1.807) is 0 Å². The van der Waals surface area contributed by atoms with Crippen molar-refractivity contribution in [2.45, 2.75) is 45.2 Å². The van der Waals surface area contributed by atoms with E-state index in [2.05, 4.69) is 41.5 Å². The van der Waals surface area contributed by atoms with E-state index in [0.717, 1.165) is 24.3 Å². The lowest BCUT2D eigenvalue weighted by Crippen LogP contribution is -2.35. The van der Waals surface area contributed by atoms with Gasteiger partial charge in [-0.25, -0.2) is 0 Å². The standard InChI is InChI=1S/C19H24N2/c1-13(19-9-14-6-7-15(19)8-14)21-12-17-11-20-10-16-4-2-3-5-18(16)17/h2-5,10-11,13-15,19,21H,6-9,12H2,1H3. The molecule has 1 aromatic carbocycles. The molecular formula is C19H24N2. The zero-order chi connectivity index (χ0) is 14.2. The molecule has 0 spiro atoms. The number of nitrogens with one attached hydrogen (secondary N) is 1. The Labute approximate surface area is 127 Å². The molecule has 2 aliphatic carbocycles. The van der Waals surface area contributed by atoms with Gasteiger partial charge in [-0.15, -0.1) is 0 Å². The summed E-state index contributed by atoms with van der Waals surface area (Å²) in [6.07, 6.45) is 9.87. The number of hydrogen-bond donors (Lipinski definition) is 1. The summed E-state index contributed by atoms with van der Waals surface area (Å²) in [6, 6.07) is 9.17. The number of rotatable bonds is 4. The summed E-state index contributed by atoms with van der Waals surface area (Å²) in [6.45, 7) is 3.31. The number of nitrogens with zero attached hydrogens (tertiary/aromatic N) is 1. The van der Waals surface area contributed by atoms with Gasteiger partial charge in [-0.1, -0.05) is 30.7 Å². The largest absolute Gasteiger partial charge is 0.310 e. The number of hydrogen-bond acceptors (Lipinski definition) is 2. The van der Waals surface area contributed by atoms with Crippen LogP contribution >= 0.6 is 0 Å². The van der Waals surface area contributed by atoms with Crippen LogP contribution in [0.25, 0.3) is 10.8 Å². The zero-order valence-electron chi connectivity index (χ0n) is 12.8. The summed E-state index contributed by atoms with van der Waals surface area (Å²) >= 11 is 0. The second-order valence-electron chi connectivity index (χ2n) is 7.03. The first kappa shape index (κ1) is 13.3. The molecule has 2 nitrogen and oxygen atoms in total. The molecule has 1 aromatic heterocycles. The van der Waals surface area contributed by atoms with E-state index in [-0.39, 0.29) is 0 Å². The third-order valence-electron chi connectivity index (χ3n) is 5.80. The molecule has 2 aliphatic rings. The second kappa shape index (κ2) is 5.42. The molecule has 110 valence electrons. The predicted octanol–water partition coefficient (Wildman–Crippen LogP) is 4.15. The highest BCUT2D eigenvalue weighted by Crippen LogP contribution is 2.49. The lowest BCUT2D eigenvalue weighted by Gasteiger charge is -2.28. The van der Waals surface area contributed by atoms with Crippen molar-refractivity contribution in [3.05, 3.63) is 42.2 Å². The van der Waals surface area contributed by atoms with Crippen LogP contribution in [0.2, 0.25) is 0 Å². The van der Waals surface area contributed by atoms with Crippen LogP contribution in [0.3, 0.4) is 0 Å². The Morgan fingerprint density at radius 3 is 2.90 bits per heavy atom. The summed E-state index contributed by atoms with van der Waals surface area (Å²) in [5.74, 6) is 2.92. The molecule has 2 aromatic rings. The fraction of sp³-hybridized carbons (Fsp3) is 0.526. The maximum absolute atomic E-state index is 4.39. The van der Waals surface area contributed by atoms with E-state index >= 15 is 0 Å². The van der Waals surface area contributed by atoms with Gasteiger partial charge in [-0.05, 0) is 54.9 Å². The van der Waals surface area contributed by atoms with Crippen molar-refractivity contribution in [3.63, 3.8) is 0 Å². The molecule has 1 heterocycles. The highest BCUT2D eigenvalue weighted by molar-refractivity contribution is 5.84. The highest BCUT2D eigenvalue weighted by Gasteiger charge is 2.41. The molecule has 4 unspecified atom stereocenters. The predicted molar refractivity (Wildman–Crippen MR) is 87.0 cm³/mol. The Morgan fingerprint density at radius 1 is 1.19 bits per heavy atom. The number of aromatic nitrogens is 1. The molecule has 2 heteroatoms. The van der Waals surface area contributed by atoms with Crippen molar-refractivity contribution >= 4 is 10.8 Å². The molecule has 4 atom stereocenters. The van der Waals surface area contributed by atoms with Gasteiger partial charge >= 0.3 is 0 Å². The van der Waals surface area contributed by atoms with Gasteiger partial charge in [0.15, 0.2) is 0 Å². The molecule has 0 saturated heterocycles. The Hall–Kier alpha value is -1.41. The molecule has 4 rings (SSSR count). The van der Waals surface area contributed by atoms with Crippen LogP contribution in [0.5, 0.6) is 0 Å². The first-order valence-corrected chi connectivity index (χ1v) is 8.36. The summed E-state index contributed by atoms with van der Waals surface area (Å²) < 4.78 is 0. The number of benzene rings is 1. The molecule has 0 aliphatic heterocycles. The van der Waals surface area contributed by atoms with Crippen molar-refractivity contribution in [3.8, 4) is 0 Å². The highest BCUT2D eigenvalue weighted by atomic mass is 14.9. The molecule has 0 radical (unpaired) electrons. The minimum atomic E-state index is 0.624. The van der Waals surface area contributed by atoms with Gasteiger partial charge in [0.1, 0.15) is 0 Å². The summed E-state index contributed by atoms with van der Waals surface area (Å²) in [4.78, 5) is 4.39. The average Bonchev–Trinajstić information content (AvgIpc) is 3.15. The fourth-order valence-corrected chi connectivity index (χ4v) is 4.65. The first-order chi connectivity index (χ1) is 10.3. The lowest BCUT2D eigenvalue weighted by atomic mass is 9.84. The molecule has 1 N–H and O–H groups in total. The van der Waals surface area contributed by atoms with Gasteiger partial charge in [0.25, 0.3) is 0 Å². The summed E-state index contributed by atoms with van der Waals surface area (Å²) in [7, 11) is 0. The summed E-state index contributed by atoms with van der Waals surface area (Å²) in [5, 5.41) is 6.35. The van der Waals surface area contributed by atoms with Gasteiger partial charge in [0, 0.05) is 30.4 Å². The molecular weight excluding hydrogens is 256 g/mol. The molecule has 2 fully saturated rings. The van der Waals surface area contributed by atoms with E-state index in [1.165, 1.54) is 42.0 Å². The average molecular weight is 280 g/mol. The third-order valence-corrected chi connectivity index (χ3v) is 5.80. The maximum Gasteiger partial charge on any atom is 0.0346 e. The third kappa shape index (κ3) is 2.46. The SMILES string of the molecule is CC(NCc1cncc2ccccc12)C1CC2CCC1C2. The molecule has 21 heavy (non-hydrogen) atoms. The van der Waals surface area contributed by atoms with Crippen LogP contribution in [-0.4, -0.2) is 11.0 Å². The van der Waals surface area contributed by atoms with Gasteiger partial charge in [0.05, 0.1) is 0 Å². The maximum atomic E-state index is 4.39. The lowest BCUT2D eigenvalue weighted by molar-refractivity contribution is 0.259. The molecule has 2 bridgehead atoms. The normalized spacial score (nSPS) is 29.1. The topological polar surface area (TPSA) is 24.9 Å². The van der Waals surface area contributed by atoms with Crippen molar-refractivity contribution in [2.75, 3.05) is 0 Å². The van der Waals surface area contributed by atoms with Crippen LogP contribution in [0.15, 0.2) is 36.7 Å². The van der Waals surface area contributed by atoms with E-state index in [0.29, 0.717) is 6.04 Å². The van der Waals surface area contributed by atoms with Crippen molar-refractivity contribution in [1.29, 1.82) is 0 Å². The molecule has 0 amide bonds. The number of pyridine rings is 1. The van der Waals surface area contributed by atoms with Crippen LogP contribution in [0, 0.1) is 17.8 Å². The van der Waals surface area contributed by atoms with E-state index in [9.17, 15) is 0 Å². The monoisotopic (exact) mass is 280 g/mol. The number of fused-ring (bicyclic) bond motifs is 3. The second-order valence-corrected chi connectivity index (χ2v) is 7.03.